The molecule has 1 aromatic heterocycles. The molecule has 0 saturated heterocycles. The molecule has 4 nitrogen and oxygen atoms in total. The topological polar surface area (TPSA) is 47.8 Å². The molecule has 0 fully saturated rings. The molecule has 2 rings (SSSR count). The van der Waals surface area contributed by atoms with Gasteiger partial charge in [0.25, 0.3) is 0 Å². The quantitative estimate of drug-likeness (QED) is 0.610. The molecule has 0 amide bonds. The fourth-order valence-corrected chi connectivity index (χ4v) is 1.53. The van der Waals surface area contributed by atoms with E-state index in [1.54, 1.807) is 17.1 Å². The van der Waals surface area contributed by atoms with Gasteiger partial charge in [-0.2, -0.15) is 9.90 Å². The van der Waals surface area contributed by atoms with E-state index >= 15 is 0 Å². The second-order valence-corrected chi connectivity index (χ2v) is 4.31. The van der Waals surface area contributed by atoms with Gasteiger partial charge in [-0.15, -0.1) is 5.10 Å². The van der Waals surface area contributed by atoms with Crippen molar-refractivity contribution < 1.29 is 4.79 Å². The number of aldehydes is 1. The second kappa shape index (κ2) is 5.40. The average molecular weight is 241 g/mol. The molecule has 0 unspecified atom stereocenters. The molecule has 0 aliphatic rings. The summed E-state index contributed by atoms with van der Waals surface area (Å²) in [5.41, 5.74) is 2.30. The summed E-state index contributed by atoms with van der Waals surface area (Å²) in [6, 6.07) is 9.66. The van der Waals surface area contributed by atoms with Crippen LogP contribution in [0.1, 0.15) is 19.5 Å². The number of carbonyl (C=O) groups excluding carboxylic acids is 1. The van der Waals surface area contributed by atoms with Crippen molar-refractivity contribution in [3.05, 3.63) is 47.8 Å². The Labute approximate surface area is 106 Å². The lowest BCUT2D eigenvalue weighted by Crippen LogP contribution is -1.98. The van der Waals surface area contributed by atoms with Crippen molar-refractivity contribution in [1.82, 2.24) is 15.0 Å². The van der Waals surface area contributed by atoms with Gasteiger partial charge in [-0.05, 0) is 29.7 Å². The Balaban J connectivity index is 2.29. The highest BCUT2D eigenvalue weighted by Gasteiger charge is 2.05. The molecule has 18 heavy (non-hydrogen) atoms. The van der Waals surface area contributed by atoms with Gasteiger partial charge in [-0.1, -0.05) is 32.0 Å². The van der Waals surface area contributed by atoms with Crippen LogP contribution in [0.5, 0.6) is 0 Å². The summed E-state index contributed by atoms with van der Waals surface area (Å²) in [4.78, 5) is 12.5. The van der Waals surface area contributed by atoms with Crippen LogP contribution in [-0.4, -0.2) is 21.3 Å². The summed E-state index contributed by atoms with van der Waals surface area (Å²) in [7, 11) is 0. The lowest BCUT2D eigenvalue weighted by molar-refractivity contribution is -0.105. The summed E-state index contributed by atoms with van der Waals surface area (Å²) in [6.45, 7) is 3.95. The lowest BCUT2D eigenvalue weighted by atomic mass is 10.0. The van der Waals surface area contributed by atoms with E-state index in [1.165, 1.54) is 0 Å². The molecule has 4 heteroatoms. The Morgan fingerprint density at radius 3 is 2.61 bits per heavy atom. The largest absolute Gasteiger partial charge is 0.298 e. The van der Waals surface area contributed by atoms with Crippen LogP contribution in [0, 0.1) is 5.92 Å². The predicted octanol–water partition coefficient (Wildman–Crippen LogP) is 2.51. The fourth-order valence-electron chi connectivity index (χ4n) is 1.53. The molecule has 2 aromatic rings. The summed E-state index contributed by atoms with van der Waals surface area (Å²) in [5, 5.41) is 8.50. The summed E-state index contributed by atoms with van der Waals surface area (Å²) in [6.07, 6.45) is 4.29. The Bertz CT molecular complexity index is 555. The van der Waals surface area contributed by atoms with Gasteiger partial charge < -0.3 is 0 Å². The van der Waals surface area contributed by atoms with Crippen molar-refractivity contribution in [3.63, 3.8) is 0 Å². The van der Waals surface area contributed by atoms with Crippen LogP contribution >= 0.6 is 0 Å². The van der Waals surface area contributed by atoms with Gasteiger partial charge in [0.1, 0.15) is 12.0 Å². The second-order valence-electron chi connectivity index (χ2n) is 4.31. The van der Waals surface area contributed by atoms with Crippen molar-refractivity contribution in [2.24, 2.45) is 5.92 Å². The number of hydrogen-bond acceptors (Lipinski definition) is 3. The minimum atomic E-state index is 0.185. The summed E-state index contributed by atoms with van der Waals surface area (Å²) >= 11 is 0. The molecule has 1 aromatic carbocycles. The van der Waals surface area contributed by atoms with Gasteiger partial charge in [-0.3, -0.25) is 4.79 Å². The fraction of sp³-hybridized carbons (Fsp3) is 0.214. The van der Waals surface area contributed by atoms with Gasteiger partial charge in [0.05, 0.1) is 11.9 Å². The van der Waals surface area contributed by atoms with Crippen LogP contribution in [0.15, 0.2) is 42.1 Å². The highest BCUT2D eigenvalue weighted by molar-refractivity contribution is 5.81. The normalized spacial score (nSPS) is 11.8. The van der Waals surface area contributed by atoms with Crippen LogP contribution in [0.25, 0.3) is 11.8 Å². The van der Waals surface area contributed by atoms with Crippen molar-refractivity contribution in [2.75, 3.05) is 0 Å². The number of benzene rings is 1. The van der Waals surface area contributed by atoms with E-state index < -0.39 is 0 Å². The van der Waals surface area contributed by atoms with Crippen molar-refractivity contribution >= 4 is 12.4 Å². The SMILES string of the molecule is CC(C)C(C=O)=Cc1cnn(-c2ccccc2)n1. The lowest BCUT2D eigenvalue weighted by Gasteiger charge is -2.01. The van der Waals surface area contributed by atoms with Crippen LogP contribution in [0.2, 0.25) is 0 Å². The number of nitrogens with zero attached hydrogens (tertiary/aromatic N) is 3. The molecular formula is C14H15N3O. The van der Waals surface area contributed by atoms with Gasteiger partial charge in [-0.25, -0.2) is 0 Å². The zero-order valence-corrected chi connectivity index (χ0v) is 10.4. The first-order chi connectivity index (χ1) is 8.70. The zero-order chi connectivity index (χ0) is 13.0. The third kappa shape index (κ3) is 2.71. The maximum atomic E-state index is 10.9. The number of rotatable bonds is 4. The number of carbonyl (C=O) groups is 1. The third-order valence-electron chi connectivity index (χ3n) is 2.61. The minimum Gasteiger partial charge on any atom is -0.298 e. The highest BCUT2D eigenvalue weighted by Crippen LogP contribution is 2.11. The van der Waals surface area contributed by atoms with E-state index in [9.17, 15) is 4.79 Å². The van der Waals surface area contributed by atoms with Crippen LogP contribution in [0.3, 0.4) is 0 Å². The maximum absolute atomic E-state index is 10.9. The first-order valence-corrected chi connectivity index (χ1v) is 5.85. The van der Waals surface area contributed by atoms with Crippen LogP contribution in [0.4, 0.5) is 0 Å². The van der Waals surface area contributed by atoms with Crippen molar-refractivity contribution in [3.8, 4) is 5.69 Å². The van der Waals surface area contributed by atoms with Crippen LogP contribution < -0.4 is 0 Å². The predicted molar refractivity (Wildman–Crippen MR) is 70.2 cm³/mol. The number of hydrogen-bond donors (Lipinski definition) is 0. The molecule has 0 N–H and O–H groups in total. The molecule has 0 aliphatic heterocycles. The van der Waals surface area contributed by atoms with E-state index in [2.05, 4.69) is 10.2 Å². The van der Waals surface area contributed by atoms with E-state index in [0.29, 0.717) is 5.69 Å². The van der Waals surface area contributed by atoms with Crippen molar-refractivity contribution in [2.45, 2.75) is 13.8 Å². The minimum absolute atomic E-state index is 0.185. The molecule has 0 radical (unpaired) electrons. The Hall–Kier alpha value is -2.23. The third-order valence-corrected chi connectivity index (χ3v) is 2.61. The number of para-hydroxylation sites is 1. The first kappa shape index (κ1) is 12.2. The smallest absolute Gasteiger partial charge is 0.146 e. The van der Waals surface area contributed by atoms with E-state index in [4.69, 9.17) is 0 Å². The average Bonchev–Trinajstić information content (AvgIpc) is 2.85. The van der Waals surface area contributed by atoms with Gasteiger partial charge in [0.2, 0.25) is 0 Å². The molecule has 1 heterocycles. The highest BCUT2D eigenvalue weighted by atomic mass is 16.1. The molecule has 0 bridgehead atoms. The zero-order valence-electron chi connectivity index (χ0n) is 10.4. The Kier molecular flexibility index (Phi) is 3.67. The molecule has 0 atom stereocenters. The standard InChI is InChI=1S/C14H15N3O/c1-11(2)12(10-18)8-13-9-15-17(16-13)14-6-4-3-5-7-14/h3-11H,1-2H3. The van der Waals surface area contributed by atoms with Crippen LogP contribution in [-0.2, 0) is 4.79 Å². The Morgan fingerprint density at radius 2 is 2.00 bits per heavy atom. The van der Waals surface area contributed by atoms with E-state index in [-0.39, 0.29) is 5.92 Å². The first-order valence-electron chi connectivity index (χ1n) is 5.85. The molecular weight excluding hydrogens is 226 g/mol. The molecule has 92 valence electrons. The number of allylic oxidation sites excluding steroid dienone is 1. The van der Waals surface area contributed by atoms with E-state index in [0.717, 1.165) is 17.5 Å². The van der Waals surface area contributed by atoms with Gasteiger partial charge in [0, 0.05) is 0 Å². The molecule has 0 saturated carbocycles. The van der Waals surface area contributed by atoms with E-state index in [1.807, 2.05) is 44.2 Å². The maximum Gasteiger partial charge on any atom is 0.146 e. The van der Waals surface area contributed by atoms with Gasteiger partial charge >= 0.3 is 0 Å². The molecule has 0 aliphatic carbocycles. The number of aromatic nitrogens is 3. The molecule has 0 spiro atoms. The van der Waals surface area contributed by atoms with Crippen molar-refractivity contribution in [1.29, 1.82) is 0 Å². The summed E-state index contributed by atoms with van der Waals surface area (Å²) < 4.78 is 0. The van der Waals surface area contributed by atoms with Gasteiger partial charge in [0.15, 0.2) is 0 Å². The summed E-state index contributed by atoms with van der Waals surface area (Å²) in [5.74, 6) is 0.185. The monoisotopic (exact) mass is 241 g/mol. The Morgan fingerprint density at radius 1 is 1.28 bits per heavy atom.